The quantitative estimate of drug-likeness (QED) is 0.0442. The van der Waals surface area contributed by atoms with Crippen LogP contribution in [-0.4, -0.2) is 137 Å². The van der Waals surface area contributed by atoms with Crippen LogP contribution >= 0.6 is 7.60 Å². The number of aliphatic hydroxyl groups excluding tert-OH is 1. The minimum Gasteiger partial charge on any atom is -0.480 e. The molecule has 0 radical (unpaired) electrons. The molecular weight excluding hydrogens is 972 g/mol. The summed E-state index contributed by atoms with van der Waals surface area (Å²) >= 11 is 0. The lowest BCUT2D eigenvalue weighted by Crippen LogP contribution is -2.51. The number of anilines is 1. The van der Waals surface area contributed by atoms with Gasteiger partial charge < -0.3 is 53.2 Å². The van der Waals surface area contributed by atoms with Crippen molar-refractivity contribution in [3.63, 3.8) is 0 Å². The number of esters is 1. The number of nitrogens with zero attached hydrogens (tertiary/aromatic N) is 3. The molecule has 3 saturated heterocycles. The number of sulfonamides is 1. The molecule has 7 rings (SSSR count). The minimum atomic E-state index is -4.19. The van der Waals surface area contributed by atoms with E-state index in [0.29, 0.717) is 44.8 Å². The molecular formula is C51H65N4O15PS. The van der Waals surface area contributed by atoms with E-state index in [1.807, 2.05) is 44.2 Å². The first kappa shape index (κ1) is 54.1. The van der Waals surface area contributed by atoms with Crippen LogP contribution in [0.15, 0.2) is 114 Å². The van der Waals surface area contributed by atoms with E-state index in [0.717, 1.165) is 11.3 Å². The topological polar surface area (TPSA) is 218 Å². The number of amides is 2. The second-order valence-corrected chi connectivity index (χ2v) is 22.0. The van der Waals surface area contributed by atoms with Crippen LogP contribution in [0.25, 0.3) is 0 Å². The Kier molecular flexibility index (Phi) is 19.0. The zero-order chi connectivity index (χ0) is 51.3. The number of rotatable bonds is 23. The lowest BCUT2D eigenvalue weighted by Gasteiger charge is -2.35. The highest BCUT2D eigenvalue weighted by Crippen LogP contribution is 2.49. The van der Waals surface area contributed by atoms with E-state index in [1.54, 1.807) is 78.6 Å². The van der Waals surface area contributed by atoms with Crippen molar-refractivity contribution in [1.82, 2.24) is 14.5 Å². The summed E-state index contributed by atoms with van der Waals surface area (Å²) < 4.78 is 88.9. The Morgan fingerprint density at radius 2 is 1.51 bits per heavy atom. The summed E-state index contributed by atoms with van der Waals surface area (Å²) in [7, 11) is -8.30. The van der Waals surface area contributed by atoms with Crippen molar-refractivity contribution in [3.8, 4) is 11.5 Å². The fourth-order valence-corrected chi connectivity index (χ4v) is 11.6. The van der Waals surface area contributed by atoms with Crippen molar-refractivity contribution >= 4 is 41.5 Å². The number of benzene rings is 4. The molecule has 4 aromatic rings. The Hall–Kier alpha value is -5.73. The monoisotopic (exact) mass is 1040 g/mol. The van der Waals surface area contributed by atoms with Crippen LogP contribution < -0.4 is 19.5 Å². The van der Waals surface area contributed by atoms with Crippen LogP contribution in [0.5, 0.6) is 11.5 Å². The van der Waals surface area contributed by atoms with Gasteiger partial charge in [0.15, 0.2) is 12.4 Å². The van der Waals surface area contributed by atoms with Gasteiger partial charge in [0.05, 0.1) is 42.8 Å². The van der Waals surface area contributed by atoms with Crippen LogP contribution in [0.1, 0.15) is 45.2 Å². The molecule has 0 saturated carbocycles. The average Bonchev–Trinajstić information content (AvgIpc) is 4.01. The Morgan fingerprint density at radius 3 is 2.18 bits per heavy atom. The molecule has 2 amide bonds. The molecule has 0 spiro atoms. The number of fused-ring (bicyclic) bond motifs is 1. The first-order chi connectivity index (χ1) is 34.6. The van der Waals surface area contributed by atoms with Gasteiger partial charge in [-0.1, -0.05) is 74.5 Å². The van der Waals surface area contributed by atoms with Gasteiger partial charge in [0.1, 0.15) is 24.2 Å². The summed E-state index contributed by atoms with van der Waals surface area (Å²) in [5, 5.41) is 14.8. The van der Waals surface area contributed by atoms with Gasteiger partial charge in [-0.3, -0.25) is 4.52 Å². The van der Waals surface area contributed by atoms with Gasteiger partial charge in [-0.05, 0) is 92.3 Å². The Morgan fingerprint density at radius 1 is 0.833 bits per heavy atom. The second kappa shape index (κ2) is 25.3. The molecule has 3 heterocycles. The molecule has 2 N–H and O–H groups in total. The van der Waals surface area contributed by atoms with Crippen LogP contribution in [0.3, 0.4) is 0 Å². The van der Waals surface area contributed by atoms with Crippen LogP contribution in [-0.2, 0) is 60.6 Å². The highest BCUT2D eigenvalue weighted by molar-refractivity contribution is 7.89. The maximum Gasteiger partial charge on any atom is 0.417 e. The molecule has 0 aromatic heterocycles. The van der Waals surface area contributed by atoms with E-state index in [1.165, 1.54) is 23.4 Å². The number of piperazine rings is 1. The molecule has 3 aliphatic heterocycles. The van der Waals surface area contributed by atoms with E-state index >= 15 is 0 Å². The lowest BCUT2D eigenvalue weighted by atomic mass is 10.0. The third-order valence-corrected chi connectivity index (χ3v) is 15.7. The molecule has 19 nitrogen and oxygen atoms in total. The SMILES string of the molecule is CCOC(=O)[C@H](C)OP(=O)(COc1ccc(C[C@H](NC(=O)O[C@H]2CO[C@H]3OCC[C@H]32)[C@H](O)CN(CC(C)C)S(=O)(=O)c2ccc(N3CCN(C(=O)OCc4ccccc4)CC3)cc2)cc1)Oc1ccccc1. The first-order valence-corrected chi connectivity index (χ1v) is 27.4. The van der Waals surface area contributed by atoms with Gasteiger partial charge in [0.25, 0.3) is 0 Å². The van der Waals surface area contributed by atoms with E-state index in [9.17, 15) is 32.5 Å². The average molecular weight is 1040 g/mol. The number of para-hydroxylation sites is 1. The number of nitrogens with one attached hydrogen (secondary N) is 1. The minimum absolute atomic E-state index is 0.0239. The molecule has 1 unspecified atom stereocenters. The number of hydrogen-bond donors (Lipinski definition) is 2. The highest BCUT2D eigenvalue weighted by Gasteiger charge is 2.44. The molecule has 21 heteroatoms. The largest absolute Gasteiger partial charge is 0.480 e. The van der Waals surface area contributed by atoms with Crippen LogP contribution in [0.4, 0.5) is 15.3 Å². The zero-order valence-corrected chi connectivity index (χ0v) is 42.7. The predicted molar refractivity (Wildman–Crippen MR) is 265 cm³/mol. The van der Waals surface area contributed by atoms with E-state index in [4.69, 9.17) is 37.5 Å². The maximum atomic E-state index is 14.4. The second-order valence-electron chi connectivity index (χ2n) is 18.1. The van der Waals surface area contributed by atoms with Gasteiger partial charge in [0.2, 0.25) is 16.4 Å². The Balaban J connectivity index is 1.02. The zero-order valence-electron chi connectivity index (χ0n) is 41.0. The number of carbonyl (C=O) groups excluding carboxylic acids is 3. The Labute approximate surface area is 421 Å². The van der Waals surface area contributed by atoms with Crippen molar-refractivity contribution in [1.29, 1.82) is 0 Å². The molecule has 72 heavy (non-hydrogen) atoms. The van der Waals surface area contributed by atoms with E-state index < -0.39 is 72.8 Å². The summed E-state index contributed by atoms with van der Waals surface area (Å²) in [6, 6.07) is 29.8. The molecule has 0 bridgehead atoms. The number of alkyl carbamates (subject to hydrolysis) is 1. The van der Waals surface area contributed by atoms with Crippen LogP contribution in [0, 0.1) is 11.8 Å². The number of ether oxygens (including phenoxy) is 6. The predicted octanol–water partition coefficient (Wildman–Crippen LogP) is 6.83. The third-order valence-electron chi connectivity index (χ3n) is 12.2. The van der Waals surface area contributed by atoms with Gasteiger partial charge >= 0.3 is 25.8 Å². The molecule has 7 atom stereocenters. The fraction of sp³-hybridized carbons (Fsp3) is 0.471. The number of hydrogen-bond acceptors (Lipinski definition) is 16. The lowest BCUT2D eigenvalue weighted by molar-refractivity contribution is -0.150. The summed E-state index contributed by atoms with van der Waals surface area (Å²) in [6.45, 7) is 9.28. The number of carbonyl (C=O) groups is 3. The van der Waals surface area contributed by atoms with Gasteiger partial charge in [0, 0.05) is 45.0 Å². The van der Waals surface area contributed by atoms with Crippen molar-refractivity contribution in [3.05, 3.63) is 120 Å². The summed E-state index contributed by atoms with van der Waals surface area (Å²) in [5.74, 6) is -0.492. The standard InChI is InChI=1S/C51H65N4O15PS/c1-5-63-48(57)37(4)69-71(60,70-42-14-10-7-11-15-42)35-67-41-20-16-38(17-21-41)30-45(52-50(58)68-47-34-65-49-44(47)24-29-64-49)46(56)32-55(31-36(2)3)72(61,62)43-22-18-40(19-23-43)53-25-27-54(28-26-53)51(59)66-33-39-12-8-6-9-13-39/h6-23,36-37,44-47,49,56H,5,24-35H2,1-4H3,(H,52,58)/t37-,44-,45-,46+,47-,49+,71?/m0/s1. The van der Waals surface area contributed by atoms with Gasteiger partial charge in [-0.2, -0.15) is 4.31 Å². The normalized spacial score (nSPS) is 20.0. The fourth-order valence-electron chi connectivity index (χ4n) is 8.50. The maximum absolute atomic E-state index is 14.4. The molecule has 3 aliphatic rings. The molecule has 4 aromatic carbocycles. The first-order valence-electron chi connectivity index (χ1n) is 24.2. The molecule has 0 aliphatic carbocycles. The smallest absolute Gasteiger partial charge is 0.417 e. The van der Waals surface area contributed by atoms with Gasteiger partial charge in [-0.15, -0.1) is 0 Å². The Bertz CT molecular complexity index is 2540. The van der Waals surface area contributed by atoms with Crippen LogP contribution in [0.2, 0.25) is 0 Å². The van der Waals surface area contributed by atoms with Gasteiger partial charge in [-0.25, -0.2) is 27.4 Å². The molecule has 3 fully saturated rings. The summed E-state index contributed by atoms with van der Waals surface area (Å²) in [6.07, 6.45) is -4.79. The number of aliphatic hydroxyl groups is 1. The summed E-state index contributed by atoms with van der Waals surface area (Å²) in [5.41, 5.74) is 2.31. The van der Waals surface area contributed by atoms with E-state index in [-0.39, 0.29) is 67.6 Å². The van der Waals surface area contributed by atoms with Crippen molar-refractivity contribution < 1.29 is 69.9 Å². The highest BCUT2D eigenvalue weighted by atomic mass is 32.2. The van der Waals surface area contributed by atoms with Crippen molar-refractivity contribution in [2.24, 2.45) is 11.8 Å². The molecule has 390 valence electrons. The van der Waals surface area contributed by atoms with Crippen molar-refractivity contribution in [2.75, 3.05) is 70.3 Å². The summed E-state index contributed by atoms with van der Waals surface area (Å²) in [4.78, 5) is 42.5. The van der Waals surface area contributed by atoms with Crippen molar-refractivity contribution in [2.45, 2.75) is 82.7 Å². The van der Waals surface area contributed by atoms with E-state index in [2.05, 4.69) is 10.2 Å². The third kappa shape index (κ3) is 14.9.